The summed E-state index contributed by atoms with van der Waals surface area (Å²) in [5, 5.41) is -0.0638. The van der Waals surface area contributed by atoms with Crippen molar-refractivity contribution in [2.45, 2.75) is 161 Å². The fraction of sp³-hybridized carbons (Fsp3) is 0.871. The lowest BCUT2D eigenvalue weighted by Gasteiger charge is -2.44. The average Bonchev–Trinajstić information content (AvgIpc) is 3.55. The molecule has 3 rings (SSSR count). The molecule has 42 heavy (non-hydrogen) atoms. The van der Waals surface area contributed by atoms with Gasteiger partial charge in [0.15, 0.2) is 25.0 Å². The summed E-state index contributed by atoms with van der Waals surface area (Å²) in [5.74, 6) is 0.477. The van der Waals surface area contributed by atoms with Crippen LogP contribution in [0.15, 0.2) is 15.8 Å². The largest absolute Gasteiger partial charge is 0.414 e. The summed E-state index contributed by atoms with van der Waals surface area (Å²) in [6.45, 7) is 34.4. The molecule has 242 valence electrons. The molecular formula is C31H60N2O6Si3. The minimum atomic E-state index is -2.34. The van der Waals surface area contributed by atoms with Crippen LogP contribution in [0.4, 0.5) is 0 Å². The molecule has 2 unspecified atom stereocenters. The number of nitrogens with zero attached hydrogens (tertiary/aromatic N) is 1. The summed E-state index contributed by atoms with van der Waals surface area (Å²) >= 11 is 0. The van der Waals surface area contributed by atoms with Gasteiger partial charge in [-0.25, -0.2) is 4.79 Å². The predicted molar refractivity (Wildman–Crippen MR) is 179 cm³/mol. The molecule has 1 saturated heterocycles. The van der Waals surface area contributed by atoms with Gasteiger partial charge in [0, 0.05) is 12.7 Å². The van der Waals surface area contributed by atoms with E-state index in [2.05, 4.69) is 107 Å². The third-order valence-corrected chi connectivity index (χ3v) is 24.1. The van der Waals surface area contributed by atoms with Gasteiger partial charge in [-0.1, -0.05) is 62.3 Å². The summed E-state index contributed by atoms with van der Waals surface area (Å²) in [7, 11) is -6.74. The molecule has 2 aliphatic rings. The Morgan fingerprint density at radius 1 is 0.810 bits per heavy atom. The number of hydrogen-bond donors (Lipinski definition) is 1. The molecule has 1 N–H and O–H groups in total. The van der Waals surface area contributed by atoms with Crippen LogP contribution in [0.2, 0.25) is 54.4 Å². The second-order valence-corrected chi connectivity index (χ2v) is 31.6. The zero-order valence-corrected chi connectivity index (χ0v) is 32.2. The number of rotatable bonds is 10. The van der Waals surface area contributed by atoms with Gasteiger partial charge in [0.05, 0.1) is 12.2 Å². The molecule has 0 amide bonds. The Hall–Kier alpha value is -0.829. The van der Waals surface area contributed by atoms with E-state index >= 15 is 0 Å². The van der Waals surface area contributed by atoms with E-state index in [0.29, 0.717) is 24.6 Å². The molecule has 0 spiro atoms. The zero-order chi connectivity index (χ0) is 32.3. The Labute approximate surface area is 257 Å². The van der Waals surface area contributed by atoms with Gasteiger partial charge in [-0.3, -0.25) is 14.3 Å². The van der Waals surface area contributed by atoms with Gasteiger partial charge in [-0.15, -0.1) is 0 Å². The minimum Gasteiger partial charge on any atom is -0.414 e. The molecule has 1 saturated carbocycles. The van der Waals surface area contributed by atoms with Crippen LogP contribution >= 0.6 is 0 Å². The molecule has 1 aliphatic heterocycles. The highest BCUT2D eigenvalue weighted by atomic mass is 28.4. The summed E-state index contributed by atoms with van der Waals surface area (Å²) in [6, 6.07) is 0. The lowest BCUT2D eigenvalue weighted by Crippen LogP contribution is -2.54. The third-order valence-electron chi connectivity index (χ3n) is 10.7. The Bertz CT molecular complexity index is 1220. The third kappa shape index (κ3) is 7.87. The summed E-state index contributed by atoms with van der Waals surface area (Å²) in [4.78, 5) is 28.8. The maximum atomic E-state index is 13.4. The molecule has 2 fully saturated rings. The molecule has 11 heteroatoms. The van der Waals surface area contributed by atoms with Crippen LogP contribution in [-0.4, -0.2) is 59.4 Å². The number of aromatic amines is 1. The van der Waals surface area contributed by atoms with E-state index in [1.807, 2.05) is 0 Å². The quantitative estimate of drug-likeness (QED) is 0.272. The standard InChI is InChI=1S/C31H60N2O6Si3/c1-29(2,3)40(10,11)36-20-23-25(38-41(12,13)30(4,5)6)26(39-42(14,15)31(7,8)9)24(37-23)22-19-33(18-21-16-17-21)28(35)32-27(22)34/h19,21,23-26H,16-18,20H2,1-15H3,(H,32,34,35)/t23-,24+,25?,26?/m1/s1. The first-order chi connectivity index (χ1) is 18.8. The van der Waals surface area contributed by atoms with Crippen molar-refractivity contribution >= 4 is 25.0 Å². The maximum absolute atomic E-state index is 13.4. The monoisotopic (exact) mass is 640 g/mol. The molecule has 0 bridgehead atoms. The number of H-pyrrole nitrogens is 1. The Balaban J connectivity index is 2.15. The first kappa shape index (κ1) is 35.6. The number of ether oxygens (including phenoxy) is 1. The Kier molecular flexibility index (Phi) is 10.0. The van der Waals surface area contributed by atoms with Gasteiger partial charge in [0.2, 0.25) is 0 Å². The van der Waals surface area contributed by atoms with Crippen molar-refractivity contribution in [2.24, 2.45) is 5.92 Å². The van der Waals surface area contributed by atoms with Crippen molar-refractivity contribution in [3.8, 4) is 0 Å². The van der Waals surface area contributed by atoms with Crippen molar-refractivity contribution in [3.63, 3.8) is 0 Å². The molecule has 8 nitrogen and oxygen atoms in total. The molecule has 2 heterocycles. The van der Waals surface area contributed by atoms with Gasteiger partial charge in [0.1, 0.15) is 24.4 Å². The molecular weight excluding hydrogens is 581 g/mol. The van der Waals surface area contributed by atoms with Crippen LogP contribution in [0.1, 0.15) is 86.8 Å². The van der Waals surface area contributed by atoms with E-state index in [4.69, 9.17) is 18.0 Å². The van der Waals surface area contributed by atoms with Crippen LogP contribution in [0.3, 0.4) is 0 Å². The highest BCUT2D eigenvalue weighted by Gasteiger charge is 2.55. The van der Waals surface area contributed by atoms with E-state index in [0.717, 1.165) is 12.8 Å². The molecule has 4 atom stereocenters. The SMILES string of the molecule is CC(C)(C)[Si](C)(C)OC[C@H]1O[C@@H](c2cn(CC3CC3)c(=O)[nH]c2=O)C(O[Si](C)(C)C(C)(C)C)C1O[Si](C)(C)C(C)(C)C. The van der Waals surface area contributed by atoms with Gasteiger partial charge < -0.3 is 18.0 Å². The maximum Gasteiger partial charge on any atom is 0.328 e. The van der Waals surface area contributed by atoms with Crippen LogP contribution in [-0.2, 0) is 24.6 Å². The van der Waals surface area contributed by atoms with Crippen molar-refractivity contribution in [1.29, 1.82) is 0 Å². The summed E-state index contributed by atoms with van der Waals surface area (Å²) < 4.78 is 29.6. The molecule has 1 aliphatic carbocycles. The summed E-state index contributed by atoms with van der Waals surface area (Å²) in [6.07, 6.45) is 1.89. The fourth-order valence-corrected chi connectivity index (χ4v) is 7.99. The van der Waals surface area contributed by atoms with Crippen LogP contribution in [0.5, 0.6) is 0 Å². The summed E-state index contributed by atoms with van der Waals surface area (Å²) in [5.41, 5.74) is -0.363. The highest BCUT2D eigenvalue weighted by Crippen LogP contribution is 2.47. The molecule has 0 radical (unpaired) electrons. The van der Waals surface area contributed by atoms with Crippen molar-refractivity contribution in [2.75, 3.05) is 6.61 Å². The average molecular weight is 641 g/mol. The molecule has 1 aromatic rings. The fourth-order valence-electron chi connectivity index (χ4n) is 4.37. The predicted octanol–water partition coefficient (Wildman–Crippen LogP) is 7.19. The van der Waals surface area contributed by atoms with Crippen LogP contribution in [0.25, 0.3) is 0 Å². The first-order valence-corrected chi connectivity index (χ1v) is 24.5. The van der Waals surface area contributed by atoms with Crippen molar-refractivity contribution in [1.82, 2.24) is 9.55 Å². The van der Waals surface area contributed by atoms with E-state index in [1.54, 1.807) is 10.8 Å². The van der Waals surface area contributed by atoms with Crippen molar-refractivity contribution < 1.29 is 18.0 Å². The molecule has 1 aromatic heterocycles. The highest BCUT2D eigenvalue weighted by molar-refractivity contribution is 6.75. The van der Waals surface area contributed by atoms with E-state index < -0.39 is 54.9 Å². The Morgan fingerprint density at radius 2 is 1.29 bits per heavy atom. The number of nitrogens with one attached hydrogen (secondary N) is 1. The van der Waals surface area contributed by atoms with Gasteiger partial charge in [-0.2, -0.15) is 0 Å². The van der Waals surface area contributed by atoms with Crippen LogP contribution in [0, 0.1) is 5.92 Å². The second kappa shape index (κ2) is 11.8. The van der Waals surface area contributed by atoms with Gasteiger partial charge >= 0.3 is 5.69 Å². The normalized spacial score (nSPS) is 24.8. The Morgan fingerprint density at radius 3 is 1.74 bits per heavy atom. The topological polar surface area (TPSA) is 91.8 Å². The first-order valence-electron chi connectivity index (χ1n) is 15.8. The van der Waals surface area contributed by atoms with Gasteiger partial charge in [-0.05, 0) is 73.2 Å². The smallest absolute Gasteiger partial charge is 0.328 e. The number of hydrogen-bond acceptors (Lipinski definition) is 6. The lowest BCUT2D eigenvalue weighted by molar-refractivity contribution is -0.0179. The molecule has 0 aromatic carbocycles. The second-order valence-electron chi connectivity index (χ2n) is 17.3. The van der Waals surface area contributed by atoms with Crippen LogP contribution < -0.4 is 11.2 Å². The van der Waals surface area contributed by atoms with E-state index in [1.165, 1.54) is 0 Å². The van der Waals surface area contributed by atoms with E-state index in [-0.39, 0.29) is 20.8 Å². The number of aromatic nitrogens is 2. The van der Waals surface area contributed by atoms with E-state index in [9.17, 15) is 9.59 Å². The minimum absolute atomic E-state index is 0.0350. The van der Waals surface area contributed by atoms with Gasteiger partial charge in [0.25, 0.3) is 5.56 Å². The zero-order valence-electron chi connectivity index (χ0n) is 29.2. The van der Waals surface area contributed by atoms with Crippen molar-refractivity contribution in [3.05, 3.63) is 32.6 Å². The lowest BCUT2D eigenvalue weighted by atomic mass is 10.0.